The van der Waals surface area contributed by atoms with Crippen molar-refractivity contribution in [2.24, 2.45) is 0 Å². The molecule has 1 aromatic heterocycles. The predicted octanol–water partition coefficient (Wildman–Crippen LogP) is 1.73. The molecular formula is C13H9ClNO4S-. The number of halogens is 1. The van der Waals surface area contributed by atoms with Crippen LogP contribution >= 0.6 is 22.9 Å². The van der Waals surface area contributed by atoms with Crippen LogP contribution in [0.5, 0.6) is 5.75 Å². The number of Topliss-reactive ketones (excluding diaryl/α,β-unsaturated/α-hetero) is 1. The van der Waals surface area contributed by atoms with Crippen LogP contribution < -0.4 is 9.84 Å². The normalized spacial score (nSPS) is 10.3. The number of hydrogen-bond acceptors (Lipinski definition) is 6. The van der Waals surface area contributed by atoms with Crippen LogP contribution in [-0.2, 0) is 0 Å². The minimum absolute atomic E-state index is 0.0499. The number of ketones is 1. The fourth-order valence-electron chi connectivity index (χ4n) is 1.47. The van der Waals surface area contributed by atoms with Gasteiger partial charge in [0.25, 0.3) is 0 Å². The quantitative estimate of drug-likeness (QED) is 0.786. The Bertz CT molecular complexity index is 668. The third-order valence-corrected chi connectivity index (χ3v) is 3.91. The van der Waals surface area contributed by atoms with Gasteiger partial charge in [-0.2, -0.15) is 0 Å². The van der Waals surface area contributed by atoms with Gasteiger partial charge in [-0.1, -0.05) is 23.7 Å². The highest BCUT2D eigenvalue weighted by Gasteiger charge is 2.16. The van der Waals surface area contributed by atoms with Crippen molar-refractivity contribution in [3.8, 4) is 5.75 Å². The Balaban J connectivity index is 2.08. The molecule has 0 amide bonds. The van der Waals surface area contributed by atoms with E-state index in [0.717, 1.165) is 11.3 Å². The van der Waals surface area contributed by atoms with Gasteiger partial charge in [-0.25, -0.2) is 4.98 Å². The Hall–Kier alpha value is -1.92. The first-order valence-corrected chi connectivity index (χ1v) is 6.77. The Labute approximate surface area is 123 Å². The fraction of sp³-hybridized carbons (Fsp3) is 0.154. The first kappa shape index (κ1) is 14.5. The third-order valence-electron chi connectivity index (χ3n) is 2.42. The van der Waals surface area contributed by atoms with E-state index in [0.29, 0.717) is 10.8 Å². The molecule has 0 aliphatic heterocycles. The topological polar surface area (TPSA) is 79.3 Å². The van der Waals surface area contributed by atoms with Crippen molar-refractivity contribution in [1.82, 2.24) is 4.98 Å². The second-order valence-corrected chi connectivity index (χ2v) is 5.27. The highest BCUT2D eigenvalue weighted by molar-refractivity contribution is 7.15. The van der Waals surface area contributed by atoms with Gasteiger partial charge in [-0.15, -0.1) is 11.3 Å². The number of carbonyl (C=O) groups is 2. The van der Waals surface area contributed by atoms with Crippen molar-refractivity contribution in [3.05, 3.63) is 44.9 Å². The van der Waals surface area contributed by atoms with Gasteiger partial charge in [0.1, 0.15) is 5.75 Å². The molecule has 0 aliphatic rings. The van der Waals surface area contributed by atoms with Gasteiger partial charge in [0.15, 0.2) is 11.6 Å². The Morgan fingerprint density at radius 3 is 2.70 bits per heavy atom. The number of ether oxygens (including phenoxy) is 1. The molecule has 0 saturated heterocycles. The number of benzene rings is 1. The second-order valence-electron chi connectivity index (χ2n) is 3.86. The SMILES string of the molecule is Cc1nc(C(=O)COc2ccccc2Cl)sc1C(=O)[O-]. The summed E-state index contributed by atoms with van der Waals surface area (Å²) in [5.74, 6) is -1.37. The molecule has 2 rings (SSSR count). The average Bonchev–Trinajstić information content (AvgIpc) is 2.80. The lowest BCUT2D eigenvalue weighted by Gasteiger charge is -2.05. The summed E-state index contributed by atoms with van der Waals surface area (Å²) in [5.41, 5.74) is 0.260. The lowest BCUT2D eigenvalue weighted by molar-refractivity contribution is -0.254. The molecule has 0 N–H and O–H groups in total. The van der Waals surface area contributed by atoms with Crippen LogP contribution in [0.2, 0.25) is 5.02 Å². The molecular weight excluding hydrogens is 302 g/mol. The zero-order chi connectivity index (χ0) is 14.7. The van der Waals surface area contributed by atoms with Crippen LogP contribution in [0.15, 0.2) is 24.3 Å². The first-order chi connectivity index (χ1) is 9.49. The van der Waals surface area contributed by atoms with Crippen LogP contribution in [0.1, 0.15) is 25.2 Å². The van der Waals surface area contributed by atoms with Crippen molar-refractivity contribution >= 4 is 34.7 Å². The number of aryl methyl sites for hydroxylation is 1. The molecule has 20 heavy (non-hydrogen) atoms. The van der Waals surface area contributed by atoms with Gasteiger partial charge in [0.2, 0.25) is 5.78 Å². The second kappa shape index (κ2) is 6.02. The summed E-state index contributed by atoms with van der Waals surface area (Å²) in [6, 6.07) is 6.75. The van der Waals surface area contributed by atoms with Crippen LogP contribution in [-0.4, -0.2) is 23.3 Å². The highest BCUT2D eigenvalue weighted by Crippen LogP contribution is 2.24. The Morgan fingerprint density at radius 1 is 1.40 bits per heavy atom. The summed E-state index contributed by atoms with van der Waals surface area (Å²) in [5, 5.41) is 11.3. The molecule has 0 radical (unpaired) electrons. The predicted molar refractivity (Wildman–Crippen MR) is 72.5 cm³/mol. The standard InChI is InChI=1S/C13H10ClNO4S/c1-7-11(13(17)18)20-12(15-7)9(16)6-19-10-5-3-2-4-8(10)14/h2-5H,6H2,1H3,(H,17,18)/p-1. The van der Waals surface area contributed by atoms with E-state index in [2.05, 4.69) is 4.98 Å². The first-order valence-electron chi connectivity index (χ1n) is 5.58. The third kappa shape index (κ3) is 3.15. The molecule has 0 unspecified atom stereocenters. The van der Waals surface area contributed by atoms with Crippen molar-refractivity contribution in [3.63, 3.8) is 0 Å². The molecule has 1 heterocycles. The monoisotopic (exact) mass is 310 g/mol. The summed E-state index contributed by atoms with van der Waals surface area (Å²) >= 11 is 6.67. The maximum atomic E-state index is 11.9. The van der Waals surface area contributed by atoms with Gasteiger partial charge in [-0.3, -0.25) is 4.79 Å². The zero-order valence-electron chi connectivity index (χ0n) is 10.4. The Kier molecular flexibility index (Phi) is 4.36. The van der Waals surface area contributed by atoms with Gasteiger partial charge in [0, 0.05) is 0 Å². The summed E-state index contributed by atoms with van der Waals surface area (Å²) in [4.78, 5) is 26.5. The minimum atomic E-state index is -1.34. The Morgan fingerprint density at radius 2 is 2.10 bits per heavy atom. The molecule has 0 aliphatic carbocycles. The van der Waals surface area contributed by atoms with E-state index in [1.54, 1.807) is 24.3 Å². The van der Waals surface area contributed by atoms with E-state index in [1.165, 1.54) is 6.92 Å². The van der Waals surface area contributed by atoms with E-state index >= 15 is 0 Å². The zero-order valence-corrected chi connectivity index (χ0v) is 12.0. The van der Waals surface area contributed by atoms with E-state index in [-0.39, 0.29) is 22.2 Å². The van der Waals surface area contributed by atoms with Gasteiger partial charge >= 0.3 is 0 Å². The number of thiazole rings is 1. The summed E-state index contributed by atoms with van der Waals surface area (Å²) < 4.78 is 5.28. The molecule has 5 nitrogen and oxygen atoms in total. The average molecular weight is 311 g/mol. The van der Waals surface area contributed by atoms with Gasteiger partial charge < -0.3 is 14.6 Å². The molecule has 0 atom stereocenters. The molecule has 0 fully saturated rings. The molecule has 0 bridgehead atoms. The molecule has 0 saturated carbocycles. The molecule has 104 valence electrons. The summed E-state index contributed by atoms with van der Waals surface area (Å²) in [6.07, 6.45) is 0. The lowest BCUT2D eigenvalue weighted by Crippen LogP contribution is -2.21. The number of carbonyl (C=O) groups excluding carboxylic acids is 2. The van der Waals surface area contributed by atoms with E-state index in [4.69, 9.17) is 16.3 Å². The van der Waals surface area contributed by atoms with Crippen molar-refractivity contribution in [2.45, 2.75) is 6.92 Å². The highest BCUT2D eigenvalue weighted by atomic mass is 35.5. The number of nitrogens with zero attached hydrogens (tertiary/aromatic N) is 1. The number of carboxylic acids is 1. The number of rotatable bonds is 5. The molecule has 7 heteroatoms. The van der Waals surface area contributed by atoms with Crippen molar-refractivity contribution in [1.29, 1.82) is 0 Å². The molecule has 2 aromatic rings. The number of aromatic nitrogens is 1. The van der Waals surface area contributed by atoms with E-state index in [1.807, 2.05) is 0 Å². The number of hydrogen-bond donors (Lipinski definition) is 0. The van der Waals surface area contributed by atoms with Crippen LogP contribution in [0.3, 0.4) is 0 Å². The van der Waals surface area contributed by atoms with E-state index < -0.39 is 11.8 Å². The van der Waals surface area contributed by atoms with Crippen LogP contribution in [0.25, 0.3) is 0 Å². The summed E-state index contributed by atoms with van der Waals surface area (Å²) in [7, 11) is 0. The van der Waals surface area contributed by atoms with Gasteiger partial charge in [0.05, 0.1) is 21.6 Å². The van der Waals surface area contributed by atoms with Crippen LogP contribution in [0.4, 0.5) is 0 Å². The molecule has 1 aromatic carbocycles. The van der Waals surface area contributed by atoms with Gasteiger partial charge in [-0.05, 0) is 19.1 Å². The molecule has 0 spiro atoms. The maximum absolute atomic E-state index is 11.9. The maximum Gasteiger partial charge on any atom is 0.228 e. The minimum Gasteiger partial charge on any atom is -0.544 e. The van der Waals surface area contributed by atoms with Crippen molar-refractivity contribution in [2.75, 3.05) is 6.61 Å². The summed E-state index contributed by atoms with van der Waals surface area (Å²) in [6.45, 7) is 1.25. The van der Waals surface area contributed by atoms with Crippen LogP contribution in [0, 0.1) is 6.92 Å². The lowest BCUT2D eigenvalue weighted by atomic mass is 10.3. The fourth-order valence-corrected chi connectivity index (χ4v) is 2.49. The van der Waals surface area contributed by atoms with Crippen molar-refractivity contribution < 1.29 is 19.4 Å². The van der Waals surface area contributed by atoms with E-state index in [9.17, 15) is 14.7 Å². The largest absolute Gasteiger partial charge is 0.544 e. The number of carboxylic acid groups (broad SMARTS) is 1. The smallest absolute Gasteiger partial charge is 0.228 e. The number of para-hydroxylation sites is 1. The number of aromatic carboxylic acids is 1.